The average Bonchev–Trinajstić information content (AvgIpc) is 1.63. The molecule has 0 saturated carbocycles. The highest BCUT2D eigenvalue weighted by Crippen LogP contribution is 2.34. The smallest absolute Gasteiger partial charge is 0.306 e. The van der Waals surface area contributed by atoms with E-state index < -0.39 is 201 Å². The molecule has 10 rings (SSSR count). The molecule has 0 amide bonds. The fourth-order valence-corrected chi connectivity index (χ4v) is 11.8. The Bertz CT molecular complexity index is 1970. The lowest BCUT2D eigenvalue weighted by molar-refractivity contribution is -0.149. The number of carboxylic acids is 1. The molecule has 10 aliphatic heterocycles. The second-order valence-corrected chi connectivity index (χ2v) is 27.2. The van der Waals surface area contributed by atoms with Gasteiger partial charge in [-0.3, -0.25) is 4.79 Å². The molecule has 10 saturated heterocycles. The summed E-state index contributed by atoms with van der Waals surface area (Å²) in [6.45, 7) is 19.1. The number of ether oxygens (including phenoxy) is 10. The quantitative estimate of drug-likeness (QED) is 0.0863. The second-order valence-electron chi connectivity index (χ2n) is 27.2. The van der Waals surface area contributed by atoms with Crippen molar-refractivity contribution in [2.45, 2.75) is 319 Å². The Morgan fingerprint density at radius 3 is 0.673 bits per heavy atom. The predicted molar refractivity (Wildman–Crippen MR) is 365 cm³/mol. The third-order valence-corrected chi connectivity index (χ3v) is 19.0. The summed E-state index contributed by atoms with van der Waals surface area (Å²) in [5.41, 5.74) is 49.7. The number of hydrogen-bond acceptors (Lipinski definition) is 41. The highest BCUT2D eigenvalue weighted by atomic mass is 16.6. The molecule has 0 aromatic carbocycles. The van der Waals surface area contributed by atoms with Gasteiger partial charge in [-0.15, -0.1) is 0 Å². The predicted octanol–water partition coefficient (Wildman–Crippen LogP) is -15.3. The van der Waals surface area contributed by atoms with Crippen molar-refractivity contribution in [1.29, 1.82) is 0 Å². The van der Waals surface area contributed by atoms with Crippen LogP contribution in [-0.2, 0) is 52.2 Å². The van der Waals surface area contributed by atoms with Gasteiger partial charge in [0.15, 0.2) is 0 Å². The first kappa shape index (κ1) is 99.9. The lowest BCUT2D eigenvalue weighted by atomic mass is 9.87. The Balaban J connectivity index is 0.000000579. The van der Waals surface area contributed by atoms with Crippen LogP contribution in [0.2, 0.25) is 0 Å². The zero-order valence-corrected chi connectivity index (χ0v) is 61.0. The van der Waals surface area contributed by atoms with E-state index in [9.17, 15) is 66.1 Å². The molecule has 10 heterocycles. The van der Waals surface area contributed by atoms with Crippen LogP contribution >= 0.6 is 0 Å². The number of aliphatic carboxylic acids is 1. The van der Waals surface area contributed by atoms with Gasteiger partial charge in [-0.2, -0.15) is 0 Å². The molecule has 104 heavy (non-hydrogen) atoms. The molecule has 41 N–H and O–H groups in total. The van der Waals surface area contributed by atoms with Crippen molar-refractivity contribution >= 4 is 5.97 Å². The van der Waals surface area contributed by atoms with Crippen LogP contribution < -0.4 is 57.3 Å². The SMILES string of the molecule is CC[C@@H]1OC(N)[C@@H](O)[C@H]1O.C[C@@H]1O[C@H](CN)[C@@H](O)[C@@H]1O.C[C@@H]1O[C@H](CN)[C@@H](O)[C@H]1O.C[C@@H]1O[C@H](CN)[C@H](O)[C@@H]1O.C[C@@]1(O)CO[C@H](CN)[C@H]1O.C[C@H]1O[C@@H](CN)[C@H](O)[C@@H]1O.C[C@H]1O[C@H](CN)[C@@H](O)[C@@H]1O.C[C@H]1O[C@H](CN)[C@@H](O)[C@H]1O.C[C@H]1O[C@H](CN)[C@@](O)(CC(=O)O)[C@H]1O.C[C@H]1O[C@H](CN)[C@H](O)[C@@H]1O. The topological polar surface area (TPSA) is 794 Å². The van der Waals surface area contributed by atoms with Crippen LogP contribution in [0.3, 0.4) is 0 Å². The number of hydrogen-bond donors (Lipinski definition) is 31. The number of carbonyl (C=O) groups is 1. The van der Waals surface area contributed by atoms with E-state index in [1.807, 2.05) is 6.92 Å². The third-order valence-electron chi connectivity index (χ3n) is 19.0. The maximum absolute atomic E-state index is 10.5. The molecular weight excluding hydrogens is 1400 g/mol. The molecule has 39 atom stereocenters. The first-order chi connectivity index (χ1) is 48.3. The van der Waals surface area contributed by atoms with E-state index in [1.54, 1.807) is 55.4 Å². The standard InChI is InChI=1S/C8H15NO5.9C6H13NO3/c1-4-7(12)8(13,2-6(10)11)5(3-9)14-4;1-6(9)3-10-4(2-7)5(6)8;7*1-3-5(8)6(9)4(2-7)10-3;1-2-3-4(8)5(9)6(7)10-3/h4-5,7,12-13H,2-3,9H2,1H3,(H,10,11);4-5,8-9H,2-3,7H2,1H3;8*3-6,8-9H,2,7H2,1H3/t4-,5-,7+,8+;4-,5-,6-;3-,4+,5+,6+;3-,4+,5+,6-;2*3-,4+,5-,6+;3-,4-,5+,6-;3-,4-,5-,6+;3-,4-,5-,6-;3-,4-,5-,6?/m1100101110/s1. The Morgan fingerprint density at radius 2 is 0.558 bits per heavy atom. The van der Waals surface area contributed by atoms with Crippen molar-refractivity contribution in [2.24, 2.45) is 57.3 Å². The number of rotatable bonds is 12. The summed E-state index contributed by atoms with van der Waals surface area (Å²) in [5.74, 6) is -1.19. The van der Waals surface area contributed by atoms with Gasteiger partial charge in [0, 0.05) is 58.9 Å². The number of nitrogens with two attached hydrogens (primary N) is 10. The van der Waals surface area contributed by atoms with Gasteiger partial charge in [0.25, 0.3) is 0 Å². The van der Waals surface area contributed by atoms with Crippen LogP contribution in [0.4, 0.5) is 0 Å². The molecule has 0 aromatic heterocycles. The zero-order valence-electron chi connectivity index (χ0n) is 61.0. The highest BCUT2D eigenvalue weighted by Gasteiger charge is 2.54. The Morgan fingerprint density at radius 1 is 0.327 bits per heavy atom. The monoisotopic (exact) mass is 1530 g/mol. The first-order valence-corrected chi connectivity index (χ1v) is 34.8. The van der Waals surface area contributed by atoms with E-state index in [-0.39, 0.29) is 114 Å². The summed E-state index contributed by atoms with van der Waals surface area (Å²) in [4.78, 5) is 10.5. The summed E-state index contributed by atoms with van der Waals surface area (Å²) in [5, 5.41) is 193. The van der Waals surface area contributed by atoms with Gasteiger partial charge in [0.05, 0.1) is 117 Å². The number of carboxylic acid groups (broad SMARTS) is 1. The van der Waals surface area contributed by atoms with Crippen LogP contribution in [0.1, 0.15) is 82.1 Å². The maximum atomic E-state index is 10.5. The Kier molecular flexibility index (Phi) is 45.4. The van der Waals surface area contributed by atoms with E-state index in [4.69, 9.17) is 151 Å². The van der Waals surface area contributed by atoms with Crippen molar-refractivity contribution in [2.75, 3.05) is 65.5 Å². The molecular formula is C62H132N10O32. The summed E-state index contributed by atoms with van der Waals surface area (Å²) in [7, 11) is 0. The molecule has 10 fully saturated rings. The Labute approximate surface area is 605 Å². The molecule has 0 aromatic rings. The zero-order chi connectivity index (χ0) is 80.5. The fraction of sp³-hybridized carbons (Fsp3) is 0.984. The summed E-state index contributed by atoms with van der Waals surface area (Å²) >= 11 is 0. The fourth-order valence-electron chi connectivity index (χ4n) is 11.8. The molecule has 0 aliphatic carbocycles. The van der Waals surface area contributed by atoms with Gasteiger partial charge in [0.2, 0.25) is 0 Å². The molecule has 622 valence electrons. The van der Waals surface area contributed by atoms with Crippen molar-refractivity contribution < 1.29 is 159 Å². The van der Waals surface area contributed by atoms with E-state index in [0.29, 0.717) is 6.42 Å². The minimum absolute atomic E-state index is 0.0226. The Hall–Kier alpha value is -2.13. The van der Waals surface area contributed by atoms with Crippen LogP contribution in [0.15, 0.2) is 0 Å². The van der Waals surface area contributed by atoms with E-state index in [2.05, 4.69) is 0 Å². The van der Waals surface area contributed by atoms with Crippen LogP contribution in [0, 0.1) is 0 Å². The van der Waals surface area contributed by atoms with Gasteiger partial charge >= 0.3 is 5.97 Å². The van der Waals surface area contributed by atoms with Gasteiger partial charge in [-0.1, -0.05) is 6.92 Å². The van der Waals surface area contributed by atoms with Crippen LogP contribution in [-0.4, -0.2) is 416 Å². The van der Waals surface area contributed by atoms with Gasteiger partial charge in [-0.05, 0) is 68.7 Å². The van der Waals surface area contributed by atoms with Crippen LogP contribution in [0.25, 0.3) is 0 Å². The van der Waals surface area contributed by atoms with E-state index >= 15 is 0 Å². The van der Waals surface area contributed by atoms with Crippen molar-refractivity contribution in [3.8, 4) is 0 Å². The first-order valence-electron chi connectivity index (χ1n) is 34.8. The summed E-state index contributed by atoms with van der Waals surface area (Å²) in [6.07, 6.45) is -22.7. The normalized spacial score (nSPS) is 47.3. The molecule has 42 nitrogen and oxygen atoms in total. The summed E-state index contributed by atoms with van der Waals surface area (Å²) in [6, 6.07) is 0. The maximum Gasteiger partial charge on any atom is 0.306 e. The molecule has 10 aliphatic rings. The average molecular weight is 1530 g/mol. The van der Waals surface area contributed by atoms with Crippen molar-refractivity contribution in [3.63, 3.8) is 0 Å². The molecule has 0 bridgehead atoms. The second kappa shape index (κ2) is 47.3. The van der Waals surface area contributed by atoms with Crippen LogP contribution in [0.5, 0.6) is 0 Å². The molecule has 0 spiro atoms. The minimum Gasteiger partial charge on any atom is -0.481 e. The third kappa shape index (κ3) is 28.0. The number of aliphatic hydroxyl groups excluding tert-OH is 18. The minimum atomic E-state index is -1.78. The highest BCUT2D eigenvalue weighted by molar-refractivity contribution is 5.68. The van der Waals surface area contributed by atoms with E-state index in [0.717, 1.165) is 0 Å². The molecule has 1 unspecified atom stereocenters. The van der Waals surface area contributed by atoms with Crippen molar-refractivity contribution in [3.05, 3.63) is 0 Å². The lowest BCUT2D eigenvalue weighted by Gasteiger charge is -2.28. The van der Waals surface area contributed by atoms with E-state index in [1.165, 1.54) is 6.92 Å². The van der Waals surface area contributed by atoms with Crippen molar-refractivity contribution in [1.82, 2.24) is 0 Å². The molecule has 0 radical (unpaired) electrons. The number of aliphatic hydroxyl groups is 20. The summed E-state index contributed by atoms with van der Waals surface area (Å²) < 4.78 is 50.9. The molecule has 42 heteroatoms. The largest absolute Gasteiger partial charge is 0.481 e. The van der Waals surface area contributed by atoms with Gasteiger partial charge in [0.1, 0.15) is 133 Å². The van der Waals surface area contributed by atoms with Gasteiger partial charge in [-0.25, -0.2) is 0 Å². The van der Waals surface area contributed by atoms with Gasteiger partial charge < -0.3 is 212 Å². The lowest BCUT2D eigenvalue weighted by Crippen LogP contribution is -2.51.